The molecule has 0 saturated carbocycles. The summed E-state index contributed by atoms with van der Waals surface area (Å²) >= 11 is 3.44. The second-order valence-electron chi connectivity index (χ2n) is 4.50. The minimum Gasteiger partial charge on any atom is -0.398 e. The average molecular weight is 334 g/mol. The van der Waals surface area contributed by atoms with Crippen LogP contribution in [-0.2, 0) is 13.6 Å². The van der Waals surface area contributed by atoms with Crippen molar-refractivity contribution in [3.05, 3.63) is 51.1 Å². The molecule has 2 N–H and O–H groups in total. The van der Waals surface area contributed by atoms with Gasteiger partial charge >= 0.3 is 0 Å². The van der Waals surface area contributed by atoms with Crippen molar-refractivity contribution in [2.45, 2.75) is 6.54 Å². The smallest absolute Gasteiger partial charge is 0.264 e. The molecule has 2 aromatic heterocycles. The number of hydrogen-bond donors (Lipinski definition) is 1. The zero-order valence-corrected chi connectivity index (χ0v) is 12.3. The fourth-order valence-electron chi connectivity index (χ4n) is 2.08. The Morgan fingerprint density at radius 3 is 3.00 bits per heavy atom. The van der Waals surface area contributed by atoms with Crippen LogP contribution in [0.1, 0.15) is 5.56 Å². The molecular weight excluding hydrogens is 322 g/mol. The third-order valence-corrected chi connectivity index (χ3v) is 4.13. The molecule has 0 fully saturated rings. The number of aromatic nitrogens is 4. The first kappa shape index (κ1) is 12.9. The lowest BCUT2D eigenvalue weighted by atomic mass is 10.2. The predicted molar refractivity (Wildman–Crippen MR) is 80.4 cm³/mol. The summed E-state index contributed by atoms with van der Waals surface area (Å²) in [4.78, 5) is 16.6. The maximum atomic E-state index is 12.4. The van der Waals surface area contributed by atoms with Crippen molar-refractivity contribution in [1.82, 2.24) is 19.3 Å². The monoisotopic (exact) mass is 333 g/mol. The van der Waals surface area contributed by atoms with Crippen LogP contribution in [-0.4, -0.2) is 19.3 Å². The summed E-state index contributed by atoms with van der Waals surface area (Å²) in [5.41, 5.74) is 7.88. The number of nitrogens with two attached hydrogens (primary N) is 1. The molecular formula is C13H12BrN5O. The van der Waals surface area contributed by atoms with Gasteiger partial charge in [0.05, 0.1) is 12.7 Å². The summed E-state index contributed by atoms with van der Waals surface area (Å²) in [5, 5.41) is 4.56. The van der Waals surface area contributed by atoms with E-state index in [0.717, 1.165) is 10.0 Å². The van der Waals surface area contributed by atoms with E-state index in [-0.39, 0.29) is 5.56 Å². The van der Waals surface area contributed by atoms with Crippen molar-refractivity contribution in [1.29, 1.82) is 0 Å². The van der Waals surface area contributed by atoms with Crippen LogP contribution >= 0.6 is 15.9 Å². The average Bonchev–Trinajstić information content (AvgIpc) is 2.80. The molecule has 0 amide bonds. The van der Waals surface area contributed by atoms with E-state index in [4.69, 9.17) is 5.73 Å². The van der Waals surface area contributed by atoms with E-state index in [1.807, 2.05) is 12.1 Å². The minimum atomic E-state index is -0.113. The van der Waals surface area contributed by atoms with Gasteiger partial charge in [-0.3, -0.25) is 14.0 Å². The number of benzene rings is 1. The number of aryl methyl sites for hydroxylation is 1. The third-order valence-electron chi connectivity index (χ3n) is 3.17. The van der Waals surface area contributed by atoms with E-state index in [1.54, 1.807) is 22.4 Å². The number of rotatable bonds is 2. The van der Waals surface area contributed by atoms with Crippen LogP contribution in [0.25, 0.3) is 11.0 Å². The topological polar surface area (TPSA) is 78.7 Å². The molecule has 1 aromatic carbocycles. The van der Waals surface area contributed by atoms with Gasteiger partial charge in [-0.15, -0.1) is 0 Å². The molecule has 0 aliphatic heterocycles. The molecule has 0 unspecified atom stereocenters. The Balaban J connectivity index is 2.09. The molecule has 0 spiro atoms. The lowest BCUT2D eigenvalue weighted by Gasteiger charge is -2.09. The van der Waals surface area contributed by atoms with E-state index in [1.165, 1.54) is 12.5 Å². The summed E-state index contributed by atoms with van der Waals surface area (Å²) in [6, 6.07) is 5.58. The highest BCUT2D eigenvalue weighted by Crippen LogP contribution is 2.24. The Bertz CT molecular complexity index is 852. The van der Waals surface area contributed by atoms with E-state index in [0.29, 0.717) is 23.3 Å². The van der Waals surface area contributed by atoms with E-state index < -0.39 is 0 Å². The largest absolute Gasteiger partial charge is 0.398 e. The molecule has 0 bridgehead atoms. The number of halogens is 1. The highest BCUT2D eigenvalue weighted by molar-refractivity contribution is 9.10. The Morgan fingerprint density at radius 1 is 1.40 bits per heavy atom. The molecule has 0 aliphatic rings. The Hall–Kier alpha value is -2.15. The Morgan fingerprint density at radius 2 is 2.20 bits per heavy atom. The second kappa shape index (κ2) is 4.75. The standard InChI is InChI=1S/C13H12BrN5O/c1-18-12-9(5-17-18)13(20)19(7-16-12)6-8-3-2-4-10(15)11(8)14/h2-5,7H,6,15H2,1H3. The number of hydrogen-bond acceptors (Lipinski definition) is 4. The number of nitrogens with zero attached hydrogens (tertiary/aromatic N) is 4. The molecule has 7 heteroatoms. The molecule has 6 nitrogen and oxygen atoms in total. The molecule has 3 rings (SSSR count). The summed E-state index contributed by atoms with van der Waals surface area (Å²) in [7, 11) is 1.76. The molecule has 102 valence electrons. The van der Waals surface area contributed by atoms with Gasteiger partial charge in [-0.25, -0.2) is 4.98 Å². The molecule has 0 aliphatic carbocycles. The quantitative estimate of drug-likeness (QED) is 0.721. The van der Waals surface area contributed by atoms with Gasteiger partial charge in [0.25, 0.3) is 5.56 Å². The summed E-state index contributed by atoms with van der Waals surface area (Å²) < 4.78 is 3.93. The number of anilines is 1. The predicted octanol–water partition coefficient (Wildman–Crippen LogP) is 1.52. The Labute approximate surface area is 123 Å². The summed E-state index contributed by atoms with van der Waals surface area (Å²) in [6.07, 6.45) is 3.07. The van der Waals surface area contributed by atoms with E-state index in [9.17, 15) is 4.79 Å². The fourth-order valence-corrected chi connectivity index (χ4v) is 2.47. The van der Waals surface area contributed by atoms with Crippen molar-refractivity contribution < 1.29 is 0 Å². The van der Waals surface area contributed by atoms with Gasteiger partial charge in [0.15, 0.2) is 5.65 Å². The van der Waals surface area contributed by atoms with Crippen LogP contribution in [0.2, 0.25) is 0 Å². The van der Waals surface area contributed by atoms with Crippen LogP contribution in [0, 0.1) is 0 Å². The van der Waals surface area contributed by atoms with Crippen molar-refractivity contribution in [2.24, 2.45) is 7.05 Å². The minimum absolute atomic E-state index is 0.113. The maximum absolute atomic E-state index is 12.4. The van der Waals surface area contributed by atoms with Crippen LogP contribution in [0.5, 0.6) is 0 Å². The van der Waals surface area contributed by atoms with Gasteiger partial charge in [0.2, 0.25) is 0 Å². The van der Waals surface area contributed by atoms with E-state index in [2.05, 4.69) is 26.0 Å². The van der Waals surface area contributed by atoms with Crippen molar-refractivity contribution in [3.8, 4) is 0 Å². The maximum Gasteiger partial charge on any atom is 0.264 e. The second-order valence-corrected chi connectivity index (χ2v) is 5.30. The van der Waals surface area contributed by atoms with Crippen molar-refractivity contribution in [2.75, 3.05) is 5.73 Å². The lowest BCUT2D eigenvalue weighted by molar-refractivity contribution is 0.736. The van der Waals surface area contributed by atoms with Gasteiger partial charge in [-0.05, 0) is 27.6 Å². The molecule has 3 aromatic rings. The SMILES string of the molecule is Cn1ncc2c(=O)n(Cc3cccc(N)c3Br)cnc21. The van der Waals surface area contributed by atoms with Gasteiger partial charge in [-0.2, -0.15) is 5.10 Å². The first-order valence-corrected chi connectivity index (χ1v) is 6.77. The summed E-state index contributed by atoms with van der Waals surface area (Å²) in [5.74, 6) is 0. The zero-order chi connectivity index (χ0) is 14.3. The van der Waals surface area contributed by atoms with Gasteiger partial charge < -0.3 is 5.73 Å². The molecule has 2 heterocycles. The van der Waals surface area contributed by atoms with E-state index >= 15 is 0 Å². The molecule has 0 atom stereocenters. The zero-order valence-electron chi connectivity index (χ0n) is 10.7. The normalized spacial score (nSPS) is 11.1. The molecule has 20 heavy (non-hydrogen) atoms. The lowest BCUT2D eigenvalue weighted by Crippen LogP contribution is -2.21. The number of nitrogen functional groups attached to an aromatic ring is 1. The van der Waals surface area contributed by atoms with Crippen LogP contribution in [0.3, 0.4) is 0 Å². The molecule has 0 saturated heterocycles. The molecule has 0 radical (unpaired) electrons. The highest BCUT2D eigenvalue weighted by atomic mass is 79.9. The number of fused-ring (bicyclic) bond motifs is 1. The van der Waals surface area contributed by atoms with Crippen LogP contribution in [0.15, 0.2) is 40.0 Å². The first-order valence-electron chi connectivity index (χ1n) is 5.98. The van der Waals surface area contributed by atoms with Crippen LogP contribution < -0.4 is 11.3 Å². The first-order chi connectivity index (χ1) is 9.58. The Kier molecular flexibility index (Phi) is 3.06. The van der Waals surface area contributed by atoms with Crippen molar-refractivity contribution in [3.63, 3.8) is 0 Å². The van der Waals surface area contributed by atoms with Gasteiger partial charge in [0, 0.05) is 17.2 Å². The highest BCUT2D eigenvalue weighted by Gasteiger charge is 2.10. The third kappa shape index (κ3) is 2.00. The van der Waals surface area contributed by atoms with Crippen molar-refractivity contribution >= 4 is 32.7 Å². The van der Waals surface area contributed by atoms with Gasteiger partial charge in [0.1, 0.15) is 11.7 Å². The summed E-state index contributed by atoms with van der Waals surface area (Å²) in [6.45, 7) is 0.405. The van der Waals surface area contributed by atoms with Gasteiger partial charge in [-0.1, -0.05) is 12.1 Å². The van der Waals surface area contributed by atoms with Crippen LogP contribution in [0.4, 0.5) is 5.69 Å². The fraction of sp³-hybridized carbons (Fsp3) is 0.154.